The molecule has 2 aromatic carbocycles. The molecule has 0 spiro atoms. The zero-order valence-electron chi connectivity index (χ0n) is 18.2. The Morgan fingerprint density at radius 1 is 1.00 bits per heavy atom. The Balaban J connectivity index is 2.02. The van der Waals surface area contributed by atoms with E-state index < -0.39 is 29.5 Å². The topological polar surface area (TPSA) is 51.0 Å². The van der Waals surface area contributed by atoms with E-state index in [2.05, 4.69) is 10.1 Å². The van der Waals surface area contributed by atoms with Crippen LogP contribution in [0.4, 0.5) is 36.4 Å². The van der Waals surface area contributed by atoms with E-state index in [1.165, 1.54) is 50.4 Å². The van der Waals surface area contributed by atoms with Crippen LogP contribution in [0.25, 0.3) is 5.69 Å². The molecule has 1 heterocycles. The van der Waals surface area contributed by atoms with Crippen molar-refractivity contribution in [3.8, 4) is 5.69 Å². The van der Waals surface area contributed by atoms with E-state index >= 15 is 0 Å². The number of carbonyl (C=O) groups is 1. The third-order valence-corrected chi connectivity index (χ3v) is 5.38. The maximum Gasteiger partial charge on any atom is 0.435 e. The highest BCUT2D eigenvalue weighted by molar-refractivity contribution is 6.06. The Kier molecular flexibility index (Phi) is 6.47. The Hall–Kier alpha value is -3.44. The number of halogens is 7. The van der Waals surface area contributed by atoms with Gasteiger partial charge in [-0.25, -0.2) is 14.1 Å². The molecule has 0 saturated carbocycles. The molecule has 0 unspecified atom stereocenters. The molecule has 1 amide bonds. The average molecular weight is 488 g/mol. The molecule has 3 rings (SSSR count). The summed E-state index contributed by atoms with van der Waals surface area (Å²) in [7, 11) is 1.34. The third kappa shape index (κ3) is 4.24. The van der Waals surface area contributed by atoms with Crippen LogP contribution in [-0.2, 0) is 12.1 Å². The van der Waals surface area contributed by atoms with E-state index in [9.17, 15) is 35.5 Å². The van der Waals surface area contributed by atoms with Crippen LogP contribution in [0.1, 0.15) is 34.0 Å². The highest BCUT2D eigenvalue weighted by atomic mass is 19.4. The van der Waals surface area contributed by atoms with Crippen LogP contribution in [0.2, 0.25) is 0 Å². The molecule has 34 heavy (non-hydrogen) atoms. The predicted molar refractivity (Wildman–Crippen MR) is 110 cm³/mol. The van der Waals surface area contributed by atoms with Crippen LogP contribution in [0, 0.1) is 6.92 Å². The van der Waals surface area contributed by atoms with Crippen molar-refractivity contribution in [1.29, 1.82) is 0 Å². The molecule has 0 fully saturated rings. The quantitative estimate of drug-likeness (QED) is 0.433. The Bertz CT molecular complexity index is 1160. The van der Waals surface area contributed by atoms with Crippen LogP contribution in [0.15, 0.2) is 49.1 Å². The number of rotatable bonds is 5. The molecule has 0 saturated heterocycles. The van der Waals surface area contributed by atoms with Gasteiger partial charge in [-0.2, -0.15) is 31.4 Å². The lowest BCUT2D eigenvalue weighted by atomic mass is 9.89. The van der Waals surface area contributed by atoms with Crippen LogP contribution in [0.5, 0.6) is 0 Å². The van der Waals surface area contributed by atoms with Crippen LogP contribution in [0.3, 0.4) is 0 Å². The molecule has 0 radical (unpaired) electrons. The number of benzene rings is 2. The second-order valence-electron chi connectivity index (χ2n) is 7.56. The molecular weight excluding hydrogens is 469 g/mol. The first-order valence-corrected chi connectivity index (χ1v) is 9.91. The Labute approximate surface area is 189 Å². The summed E-state index contributed by atoms with van der Waals surface area (Å²) in [4.78, 5) is 18.0. The van der Waals surface area contributed by atoms with E-state index in [1.807, 2.05) is 0 Å². The van der Waals surface area contributed by atoms with Crippen LogP contribution in [-0.4, -0.2) is 40.1 Å². The minimum absolute atomic E-state index is 0.0411. The molecule has 1 aromatic heterocycles. The lowest BCUT2D eigenvalue weighted by Gasteiger charge is -2.32. The fraction of sp³-hybridized carbons (Fsp3) is 0.318. The number of amides is 1. The molecule has 12 heteroatoms. The maximum absolute atomic E-state index is 14.6. The summed E-state index contributed by atoms with van der Waals surface area (Å²) in [6.45, 7) is 2.71. The van der Waals surface area contributed by atoms with Crippen molar-refractivity contribution in [2.75, 3.05) is 11.9 Å². The summed E-state index contributed by atoms with van der Waals surface area (Å²) in [5.74, 6) is -0.561. The van der Waals surface area contributed by atoms with Crippen molar-refractivity contribution >= 4 is 11.6 Å². The first kappa shape index (κ1) is 25.2. The molecule has 0 aliphatic heterocycles. The zero-order chi connectivity index (χ0) is 25.5. The van der Waals surface area contributed by atoms with Gasteiger partial charge in [-0.3, -0.25) is 4.79 Å². The second-order valence-corrected chi connectivity index (χ2v) is 7.56. The number of anilines is 1. The van der Waals surface area contributed by atoms with Gasteiger partial charge in [-0.05, 0) is 54.8 Å². The minimum atomic E-state index is -6.22. The summed E-state index contributed by atoms with van der Waals surface area (Å²) in [5.41, 5.74) is -6.35. The van der Waals surface area contributed by atoms with Crippen molar-refractivity contribution in [2.45, 2.75) is 38.3 Å². The lowest BCUT2D eigenvalue weighted by molar-refractivity contribution is -0.348. The number of alkyl halides is 7. The van der Waals surface area contributed by atoms with Crippen molar-refractivity contribution in [2.24, 2.45) is 0 Å². The van der Waals surface area contributed by atoms with Crippen LogP contribution >= 0.6 is 0 Å². The number of hydrogen-bond acceptors (Lipinski definition) is 3. The van der Waals surface area contributed by atoms with Crippen molar-refractivity contribution in [3.63, 3.8) is 0 Å². The Morgan fingerprint density at radius 2 is 1.59 bits per heavy atom. The third-order valence-electron chi connectivity index (χ3n) is 5.38. The van der Waals surface area contributed by atoms with E-state index in [1.54, 1.807) is 12.1 Å². The predicted octanol–water partition coefficient (Wildman–Crippen LogP) is 5.70. The first-order valence-electron chi connectivity index (χ1n) is 9.91. The lowest BCUT2D eigenvalue weighted by Crippen LogP contribution is -2.50. The van der Waals surface area contributed by atoms with Gasteiger partial charge in [0.2, 0.25) is 0 Å². The second kappa shape index (κ2) is 8.73. The van der Waals surface area contributed by atoms with Crippen LogP contribution < -0.4 is 4.90 Å². The molecule has 182 valence electrons. The minimum Gasteiger partial charge on any atom is -0.311 e. The summed E-state index contributed by atoms with van der Waals surface area (Å²) in [5, 5.41) is 3.96. The van der Waals surface area contributed by atoms with Gasteiger partial charge < -0.3 is 4.90 Å². The summed E-state index contributed by atoms with van der Waals surface area (Å²) < 4.78 is 95.4. The van der Waals surface area contributed by atoms with Gasteiger partial charge in [-0.1, -0.05) is 13.0 Å². The van der Waals surface area contributed by atoms with Gasteiger partial charge in [0.15, 0.2) is 0 Å². The molecule has 0 aliphatic carbocycles. The van der Waals surface area contributed by atoms with E-state index in [0.717, 1.165) is 4.90 Å². The highest BCUT2D eigenvalue weighted by Gasteiger charge is 2.73. The van der Waals surface area contributed by atoms with Gasteiger partial charge in [-0.15, -0.1) is 0 Å². The van der Waals surface area contributed by atoms with E-state index in [4.69, 9.17) is 0 Å². The molecule has 0 aliphatic rings. The van der Waals surface area contributed by atoms with E-state index in [-0.39, 0.29) is 28.8 Å². The first-order chi connectivity index (χ1) is 15.7. The number of nitrogens with zero attached hydrogens (tertiary/aromatic N) is 4. The maximum atomic E-state index is 14.6. The van der Waals surface area contributed by atoms with Gasteiger partial charge in [0.1, 0.15) is 12.7 Å². The fourth-order valence-corrected chi connectivity index (χ4v) is 3.68. The molecule has 5 nitrogen and oxygen atoms in total. The van der Waals surface area contributed by atoms with Crippen molar-refractivity contribution in [3.05, 3.63) is 71.3 Å². The van der Waals surface area contributed by atoms with Gasteiger partial charge in [0.25, 0.3) is 5.91 Å². The SMILES string of the molecule is CCc1cc(C(F)(C(F)(F)F)C(F)(F)F)cc(C)c1N(C)C(=O)c1ccc(-n2cncn2)cc1. The summed E-state index contributed by atoms with van der Waals surface area (Å²) >= 11 is 0. The van der Waals surface area contributed by atoms with Crippen molar-refractivity contribution in [1.82, 2.24) is 14.8 Å². The van der Waals surface area contributed by atoms with Gasteiger partial charge in [0.05, 0.1) is 5.69 Å². The van der Waals surface area contributed by atoms with E-state index in [0.29, 0.717) is 17.8 Å². The Morgan fingerprint density at radius 3 is 2.06 bits per heavy atom. The number of aromatic nitrogens is 3. The standard InChI is InChI=1S/C22H19F7N4O/c1-4-14-10-16(20(23,21(24,25)26)22(27,28)29)9-13(2)18(14)32(3)19(34)15-5-7-17(8-6-15)33-12-30-11-31-33/h5-12H,4H2,1-3H3. The summed E-state index contributed by atoms with van der Waals surface area (Å²) in [6.07, 6.45) is -9.71. The molecular formula is C22H19F7N4O. The van der Waals surface area contributed by atoms with Gasteiger partial charge in [0, 0.05) is 23.9 Å². The molecule has 0 N–H and O–H groups in total. The van der Waals surface area contributed by atoms with Gasteiger partial charge >= 0.3 is 18.0 Å². The van der Waals surface area contributed by atoms with Crippen molar-refractivity contribution < 1.29 is 35.5 Å². The number of carbonyl (C=O) groups excluding carboxylic acids is 1. The average Bonchev–Trinajstić information content (AvgIpc) is 3.30. The number of aryl methyl sites for hydroxylation is 2. The molecule has 3 aromatic rings. The highest BCUT2D eigenvalue weighted by Crippen LogP contribution is 2.54. The monoisotopic (exact) mass is 488 g/mol. The normalized spacial score (nSPS) is 12.6. The number of hydrogen-bond donors (Lipinski definition) is 0. The fourth-order valence-electron chi connectivity index (χ4n) is 3.68. The molecule has 0 atom stereocenters. The zero-order valence-corrected chi connectivity index (χ0v) is 18.2. The largest absolute Gasteiger partial charge is 0.435 e. The summed E-state index contributed by atoms with van der Waals surface area (Å²) in [6, 6.07) is 7.16. The smallest absolute Gasteiger partial charge is 0.311 e. The molecule has 0 bridgehead atoms.